The molecule has 1 unspecified atom stereocenters. The van der Waals surface area contributed by atoms with E-state index in [4.69, 9.17) is 0 Å². The van der Waals surface area contributed by atoms with Gasteiger partial charge in [-0.3, -0.25) is 10.1 Å². The van der Waals surface area contributed by atoms with Crippen molar-refractivity contribution in [1.82, 2.24) is 10.2 Å². The van der Waals surface area contributed by atoms with E-state index >= 15 is 0 Å². The van der Waals surface area contributed by atoms with Crippen molar-refractivity contribution in [2.24, 2.45) is 5.92 Å². The second-order valence-electron chi connectivity index (χ2n) is 5.68. The molecule has 1 aromatic heterocycles. The Morgan fingerprint density at radius 3 is 2.92 bits per heavy atom. The van der Waals surface area contributed by atoms with Crippen molar-refractivity contribution in [2.45, 2.75) is 29.4 Å². The predicted molar refractivity (Wildman–Crippen MR) is 100 cm³/mol. The first kappa shape index (κ1) is 17.8. The molecule has 1 atom stereocenters. The number of aromatic nitrogens is 2. The van der Waals surface area contributed by atoms with Gasteiger partial charge in [-0.25, -0.2) is 4.39 Å². The number of benzene rings is 1. The van der Waals surface area contributed by atoms with Gasteiger partial charge in [0, 0.05) is 5.75 Å². The molecule has 0 spiro atoms. The molecule has 3 rings (SSSR count). The Bertz CT molecular complexity index is 771. The first-order chi connectivity index (χ1) is 12.2. The lowest BCUT2D eigenvalue weighted by Gasteiger charge is -2.12. The highest BCUT2D eigenvalue weighted by molar-refractivity contribution is 8.00. The topological polar surface area (TPSA) is 54.9 Å². The molecule has 1 N–H and O–H groups in total. The van der Waals surface area contributed by atoms with Crippen LogP contribution in [0.2, 0.25) is 0 Å². The number of allylic oxidation sites excluding steroid dienone is 3. The number of nitrogens with zero attached hydrogens (tertiary/aromatic N) is 2. The molecule has 1 heterocycles. The number of hydrogen-bond acceptors (Lipinski definition) is 5. The Balaban J connectivity index is 1.47. The van der Waals surface area contributed by atoms with Crippen LogP contribution in [-0.2, 0) is 10.5 Å². The molecule has 2 aromatic rings. The Kier molecular flexibility index (Phi) is 6.36. The third-order valence-corrected chi connectivity index (χ3v) is 5.78. The quantitative estimate of drug-likeness (QED) is 0.340. The summed E-state index contributed by atoms with van der Waals surface area (Å²) in [6.45, 7) is 0. The number of halogens is 1. The summed E-state index contributed by atoms with van der Waals surface area (Å²) in [4.78, 5) is 12.0. The monoisotopic (exact) mass is 375 g/mol. The molecule has 0 saturated heterocycles. The number of amides is 1. The highest BCUT2D eigenvalue weighted by atomic mass is 32.2. The van der Waals surface area contributed by atoms with Crippen LogP contribution < -0.4 is 5.32 Å². The molecule has 4 nitrogen and oxygen atoms in total. The highest BCUT2D eigenvalue weighted by Gasteiger charge is 2.09. The van der Waals surface area contributed by atoms with E-state index in [0.29, 0.717) is 16.8 Å². The molecule has 1 amide bonds. The maximum absolute atomic E-state index is 12.9. The van der Waals surface area contributed by atoms with Gasteiger partial charge in [0.05, 0.1) is 0 Å². The van der Waals surface area contributed by atoms with Crippen LogP contribution in [0.3, 0.4) is 0 Å². The van der Waals surface area contributed by atoms with Gasteiger partial charge >= 0.3 is 0 Å². The summed E-state index contributed by atoms with van der Waals surface area (Å²) in [5.74, 6) is 0.692. The van der Waals surface area contributed by atoms with Gasteiger partial charge in [-0.1, -0.05) is 53.5 Å². The van der Waals surface area contributed by atoms with E-state index in [1.54, 1.807) is 18.2 Å². The number of rotatable bonds is 6. The molecule has 7 heteroatoms. The summed E-state index contributed by atoms with van der Waals surface area (Å²) in [6, 6.07) is 6.38. The summed E-state index contributed by atoms with van der Waals surface area (Å²) in [6.07, 6.45) is 11.0. The fraction of sp³-hybridized carbons (Fsp3) is 0.278. The summed E-state index contributed by atoms with van der Waals surface area (Å²) < 4.78 is 13.6. The van der Waals surface area contributed by atoms with Gasteiger partial charge < -0.3 is 0 Å². The number of carbonyl (C=O) groups excluding carboxylic acids is 1. The van der Waals surface area contributed by atoms with Gasteiger partial charge in [0.15, 0.2) is 4.34 Å². The zero-order chi connectivity index (χ0) is 17.5. The molecule has 1 aromatic carbocycles. The van der Waals surface area contributed by atoms with Crippen molar-refractivity contribution in [3.63, 3.8) is 0 Å². The van der Waals surface area contributed by atoms with Gasteiger partial charge in [0.2, 0.25) is 11.0 Å². The zero-order valence-corrected chi connectivity index (χ0v) is 15.2. The van der Waals surface area contributed by atoms with E-state index in [-0.39, 0.29) is 11.7 Å². The van der Waals surface area contributed by atoms with Crippen molar-refractivity contribution < 1.29 is 9.18 Å². The number of hydrogen-bond donors (Lipinski definition) is 1. The SMILES string of the molecule is O=C(C=CC1CC=CCC1)Nc1nnc(SCc2ccc(F)cc2)s1. The normalized spacial score (nSPS) is 17.1. The van der Waals surface area contributed by atoms with Crippen molar-refractivity contribution in [1.29, 1.82) is 0 Å². The lowest BCUT2D eigenvalue weighted by atomic mass is 9.94. The van der Waals surface area contributed by atoms with Crippen molar-refractivity contribution >= 4 is 34.1 Å². The molecule has 1 aliphatic carbocycles. The number of anilines is 1. The van der Waals surface area contributed by atoms with E-state index in [0.717, 1.165) is 29.2 Å². The first-order valence-electron chi connectivity index (χ1n) is 8.04. The predicted octanol–water partition coefficient (Wildman–Crippen LogP) is 4.82. The van der Waals surface area contributed by atoms with Crippen molar-refractivity contribution in [3.8, 4) is 0 Å². The molecule has 25 heavy (non-hydrogen) atoms. The average Bonchev–Trinajstić information content (AvgIpc) is 3.08. The molecule has 0 fully saturated rings. The van der Waals surface area contributed by atoms with Crippen molar-refractivity contribution in [3.05, 3.63) is 60.0 Å². The molecule has 0 radical (unpaired) electrons. The van der Waals surface area contributed by atoms with Crippen LogP contribution in [0, 0.1) is 11.7 Å². The minimum Gasteiger partial charge on any atom is -0.297 e. The third-order valence-electron chi connectivity index (χ3n) is 3.74. The van der Waals surface area contributed by atoms with E-state index in [1.165, 1.54) is 35.2 Å². The van der Waals surface area contributed by atoms with Crippen LogP contribution in [0.25, 0.3) is 0 Å². The van der Waals surface area contributed by atoms with Crippen molar-refractivity contribution in [2.75, 3.05) is 5.32 Å². The zero-order valence-electron chi connectivity index (χ0n) is 13.5. The third kappa shape index (κ3) is 5.79. The maximum atomic E-state index is 12.9. The minimum absolute atomic E-state index is 0.180. The van der Waals surface area contributed by atoms with Gasteiger partial charge in [-0.05, 0) is 49.0 Å². The van der Waals surface area contributed by atoms with Gasteiger partial charge in [0.25, 0.3) is 0 Å². The van der Waals surface area contributed by atoms with E-state index < -0.39 is 0 Å². The Hall–Kier alpha value is -1.99. The summed E-state index contributed by atoms with van der Waals surface area (Å²) in [5, 5.41) is 11.3. The van der Waals surface area contributed by atoms with Crippen LogP contribution in [0.15, 0.2) is 52.9 Å². The molecular weight excluding hydrogens is 357 g/mol. The highest BCUT2D eigenvalue weighted by Crippen LogP contribution is 2.28. The van der Waals surface area contributed by atoms with E-state index in [2.05, 4.69) is 27.7 Å². The largest absolute Gasteiger partial charge is 0.297 e. The van der Waals surface area contributed by atoms with Crippen LogP contribution in [0.4, 0.5) is 9.52 Å². The number of thioether (sulfide) groups is 1. The Morgan fingerprint density at radius 2 is 2.16 bits per heavy atom. The fourth-order valence-corrected chi connectivity index (χ4v) is 4.12. The molecular formula is C18H18FN3OS2. The van der Waals surface area contributed by atoms with E-state index in [9.17, 15) is 9.18 Å². The second-order valence-corrected chi connectivity index (χ2v) is 7.88. The minimum atomic E-state index is -0.244. The number of nitrogens with one attached hydrogen (secondary N) is 1. The van der Waals surface area contributed by atoms with Crippen LogP contribution in [0.1, 0.15) is 24.8 Å². The first-order valence-corrected chi connectivity index (χ1v) is 9.84. The standard InChI is InChI=1S/C18H18FN3OS2/c19-15-9-6-14(7-10-15)12-24-18-22-21-17(25-18)20-16(23)11-8-13-4-2-1-3-5-13/h1-2,6-11,13H,3-5,12H2,(H,20,21,23). The molecule has 1 aliphatic rings. The summed E-state index contributed by atoms with van der Waals surface area (Å²) in [5.41, 5.74) is 1.01. The van der Waals surface area contributed by atoms with Crippen LogP contribution in [0.5, 0.6) is 0 Å². The Labute approximate surface area is 154 Å². The lowest BCUT2D eigenvalue weighted by molar-refractivity contribution is -0.111. The Morgan fingerprint density at radius 1 is 1.32 bits per heavy atom. The lowest BCUT2D eigenvalue weighted by Crippen LogP contribution is -2.09. The average molecular weight is 375 g/mol. The summed E-state index contributed by atoms with van der Waals surface area (Å²) in [7, 11) is 0. The van der Waals surface area contributed by atoms with Gasteiger partial charge in [-0.15, -0.1) is 10.2 Å². The summed E-state index contributed by atoms with van der Waals surface area (Å²) >= 11 is 2.84. The second kappa shape index (κ2) is 8.92. The van der Waals surface area contributed by atoms with Crippen LogP contribution in [-0.4, -0.2) is 16.1 Å². The maximum Gasteiger partial charge on any atom is 0.249 e. The molecule has 130 valence electrons. The smallest absolute Gasteiger partial charge is 0.249 e. The molecule has 0 aliphatic heterocycles. The molecule has 0 saturated carbocycles. The van der Waals surface area contributed by atoms with Crippen LogP contribution >= 0.6 is 23.1 Å². The molecule has 0 bridgehead atoms. The van der Waals surface area contributed by atoms with Gasteiger partial charge in [0.1, 0.15) is 5.82 Å². The number of carbonyl (C=O) groups is 1. The van der Waals surface area contributed by atoms with Gasteiger partial charge in [-0.2, -0.15) is 0 Å². The fourth-order valence-electron chi connectivity index (χ4n) is 2.41. The van der Waals surface area contributed by atoms with E-state index in [1.807, 2.05) is 6.08 Å².